The van der Waals surface area contributed by atoms with Gasteiger partial charge in [-0.2, -0.15) is 0 Å². The number of nitrogens with two attached hydrogens (primary N) is 1. The summed E-state index contributed by atoms with van der Waals surface area (Å²) >= 11 is 6.05. The van der Waals surface area contributed by atoms with E-state index in [0.717, 1.165) is 12.0 Å². The predicted octanol–water partition coefficient (Wildman–Crippen LogP) is 2.77. The average molecular weight is 230 g/mol. The van der Waals surface area contributed by atoms with Crippen molar-refractivity contribution in [2.24, 2.45) is 5.73 Å². The molecule has 0 heterocycles. The first kappa shape index (κ1) is 12.1. The molecule has 1 unspecified atom stereocenters. The number of methoxy groups -OCH3 is 2. The minimum atomic E-state index is -0.0256. The van der Waals surface area contributed by atoms with Crippen LogP contribution in [0.5, 0.6) is 11.5 Å². The van der Waals surface area contributed by atoms with Gasteiger partial charge in [-0.05, 0) is 24.1 Å². The summed E-state index contributed by atoms with van der Waals surface area (Å²) in [6, 6.07) is 3.65. The Morgan fingerprint density at radius 2 is 2.00 bits per heavy atom. The highest BCUT2D eigenvalue weighted by Gasteiger charge is 2.13. The molecule has 0 radical (unpaired) electrons. The van der Waals surface area contributed by atoms with Gasteiger partial charge in [0.1, 0.15) is 0 Å². The van der Waals surface area contributed by atoms with Crippen LogP contribution in [-0.2, 0) is 0 Å². The number of halogens is 1. The fourth-order valence-electron chi connectivity index (χ4n) is 1.39. The van der Waals surface area contributed by atoms with E-state index in [-0.39, 0.29) is 6.04 Å². The molecule has 0 saturated heterocycles. The number of hydrogen-bond acceptors (Lipinski definition) is 3. The number of benzene rings is 1. The van der Waals surface area contributed by atoms with Gasteiger partial charge >= 0.3 is 0 Å². The molecule has 0 amide bonds. The third-order valence-corrected chi connectivity index (χ3v) is 2.60. The van der Waals surface area contributed by atoms with Crippen LogP contribution in [-0.4, -0.2) is 14.2 Å². The molecular formula is C11H16ClNO2. The van der Waals surface area contributed by atoms with Crippen molar-refractivity contribution >= 4 is 11.6 Å². The van der Waals surface area contributed by atoms with Crippen molar-refractivity contribution in [3.8, 4) is 11.5 Å². The zero-order valence-corrected chi connectivity index (χ0v) is 9.97. The Kier molecular flexibility index (Phi) is 4.24. The average Bonchev–Trinajstić information content (AvgIpc) is 2.26. The molecule has 84 valence electrons. The van der Waals surface area contributed by atoms with Crippen LogP contribution in [0.25, 0.3) is 0 Å². The summed E-state index contributed by atoms with van der Waals surface area (Å²) in [7, 11) is 3.14. The predicted molar refractivity (Wildman–Crippen MR) is 61.8 cm³/mol. The molecule has 0 bridgehead atoms. The number of ether oxygens (including phenoxy) is 2. The third-order valence-electron chi connectivity index (χ3n) is 2.32. The maximum Gasteiger partial charge on any atom is 0.179 e. The topological polar surface area (TPSA) is 44.5 Å². The first-order valence-electron chi connectivity index (χ1n) is 4.81. The van der Waals surface area contributed by atoms with Crippen molar-refractivity contribution in [2.45, 2.75) is 19.4 Å². The van der Waals surface area contributed by atoms with Crippen molar-refractivity contribution in [3.63, 3.8) is 0 Å². The summed E-state index contributed by atoms with van der Waals surface area (Å²) in [4.78, 5) is 0. The van der Waals surface area contributed by atoms with Gasteiger partial charge in [-0.1, -0.05) is 18.5 Å². The van der Waals surface area contributed by atoms with Crippen molar-refractivity contribution < 1.29 is 9.47 Å². The molecule has 0 spiro atoms. The lowest BCUT2D eigenvalue weighted by molar-refractivity contribution is 0.354. The van der Waals surface area contributed by atoms with Crippen molar-refractivity contribution in [3.05, 3.63) is 22.7 Å². The summed E-state index contributed by atoms with van der Waals surface area (Å²) in [5.74, 6) is 1.16. The normalized spacial score (nSPS) is 12.3. The summed E-state index contributed by atoms with van der Waals surface area (Å²) < 4.78 is 10.3. The molecular weight excluding hydrogens is 214 g/mol. The first-order chi connectivity index (χ1) is 7.13. The number of rotatable bonds is 4. The standard InChI is InChI=1S/C11H16ClNO2/c1-4-9(13)7-5-8(12)11(15-3)10(6-7)14-2/h5-6,9H,4,13H2,1-3H3. The van der Waals surface area contributed by atoms with Crippen molar-refractivity contribution in [2.75, 3.05) is 14.2 Å². The fourth-order valence-corrected chi connectivity index (χ4v) is 1.68. The summed E-state index contributed by atoms with van der Waals surface area (Å²) in [6.45, 7) is 2.02. The monoisotopic (exact) mass is 229 g/mol. The van der Waals surface area contributed by atoms with Crippen LogP contribution in [0.1, 0.15) is 24.9 Å². The Labute approximate surface area is 95.1 Å². The second-order valence-electron chi connectivity index (χ2n) is 3.25. The van der Waals surface area contributed by atoms with Crippen LogP contribution in [0.2, 0.25) is 5.02 Å². The quantitative estimate of drug-likeness (QED) is 0.864. The lowest BCUT2D eigenvalue weighted by Gasteiger charge is -2.14. The van der Waals surface area contributed by atoms with E-state index in [9.17, 15) is 0 Å². The molecule has 3 nitrogen and oxygen atoms in total. The summed E-state index contributed by atoms with van der Waals surface area (Å²) in [5, 5.41) is 0.524. The van der Waals surface area contributed by atoms with E-state index in [1.54, 1.807) is 14.2 Å². The van der Waals surface area contributed by atoms with Gasteiger partial charge in [0.2, 0.25) is 0 Å². The molecule has 4 heteroatoms. The van der Waals surface area contributed by atoms with Gasteiger partial charge in [0.05, 0.1) is 19.2 Å². The van der Waals surface area contributed by atoms with Gasteiger partial charge in [-0.15, -0.1) is 0 Å². The summed E-state index contributed by atoms with van der Waals surface area (Å²) in [6.07, 6.45) is 0.853. The molecule has 0 aliphatic rings. The molecule has 0 saturated carbocycles. The zero-order valence-electron chi connectivity index (χ0n) is 9.21. The van der Waals surface area contributed by atoms with E-state index < -0.39 is 0 Å². The van der Waals surface area contributed by atoms with Crippen LogP contribution >= 0.6 is 11.6 Å². The number of hydrogen-bond donors (Lipinski definition) is 1. The van der Waals surface area contributed by atoms with E-state index in [2.05, 4.69) is 0 Å². The highest BCUT2D eigenvalue weighted by Crippen LogP contribution is 2.37. The Balaban J connectivity index is 3.19. The minimum absolute atomic E-state index is 0.0256. The van der Waals surface area contributed by atoms with Crippen LogP contribution in [0.3, 0.4) is 0 Å². The smallest absolute Gasteiger partial charge is 0.179 e. The van der Waals surface area contributed by atoms with Gasteiger partial charge in [-0.3, -0.25) is 0 Å². The maximum atomic E-state index is 6.05. The Morgan fingerprint density at radius 3 is 2.47 bits per heavy atom. The van der Waals surface area contributed by atoms with Crippen molar-refractivity contribution in [1.82, 2.24) is 0 Å². The molecule has 0 aromatic heterocycles. The first-order valence-corrected chi connectivity index (χ1v) is 5.18. The highest BCUT2D eigenvalue weighted by molar-refractivity contribution is 6.32. The van der Waals surface area contributed by atoms with E-state index in [4.69, 9.17) is 26.8 Å². The molecule has 2 N–H and O–H groups in total. The van der Waals surface area contributed by atoms with Gasteiger partial charge in [0.25, 0.3) is 0 Å². The molecule has 1 atom stereocenters. The summed E-state index contributed by atoms with van der Waals surface area (Å²) in [5.41, 5.74) is 6.88. The van der Waals surface area contributed by atoms with Gasteiger partial charge in [-0.25, -0.2) is 0 Å². The zero-order chi connectivity index (χ0) is 11.4. The molecule has 0 aliphatic carbocycles. The van der Waals surface area contributed by atoms with Crippen LogP contribution in [0.15, 0.2) is 12.1 Å². The maximum absolute atomic E-state index is 6.05. The molecule has 0 fully saturated rings. The molecule has 0 aliphatic heterocycles. The van der Waals surface area contributed by atoms with Crippen LogP contribution in [0.4, 0.5) is 0 Å². The Morgan fingerprint density at radius 1 is 1.33 bits per heavy atom. The second-order valence-corrected chi connectivity index (χ2v) is 3.66. The molecule has 1 aromatic carbocycles. The minimum Gasteiger partial charge on any atom is -0.493 e. The van der Waals surface area contributed by atoms with E-state index in [1.807, 2.05) is 19.1 Å². The van der Waals surface area contributed by atoms with Gasteiger partial charge in [0, 0.05) is 6.04 Å². The lowest BCUT2D eigenvalue weighted by Crippen LogP contribution is -2.09. The Bertz CT molecular complexity index is 342. The highest BCUT2D eigenvalue weighted by atomic mass is 35.5. The van der Waals surface area contributed by atoms with Crippen molar-refractivity contribution in [1.29, 1.82) is 0 Å². The molecule has 15 heavy (non-hydrogen) atoms. The van der Waals surface area contributed by atoms with E-state index in [1.165, 1.54) is 0 Å². The third kappa shape index (κ3) is 2.55. The van der Waals surface area contributed by atoms with Gasteiger partial charge < -0.3 is 15.2 Å². The van der Waals surface area contributed by atoms with Gasteiger partial charge in [0.15, 0.2) is 11.5 Å². The lowest BCUT2D eigenvalue weighted by atomic mass is 10.0. The molecule has 1 rings (SSSR count). The molecule has 1 aromatic rings. The SMILES string of the molecule is CCC(N)c1cc(Cl)c(OC)c(OC)c1. The van der Waals surface area contributed by atoms with E-state index >= 15 is 0 Å². The Hall–Kier alpha value is -0.930. The van der Waals surface area contributed by atoms with Crippen LogP contribution in [0, 0.1) is 0 Å². The fraction of sp³-hybridized carbons (Fsp3) is 0.455. The largest absolute Gasteiger partial charge is 0.493 e. The second kappa shape index (κ2) is 5.24. The van der Waals surface area contributed by atoms with Crippen LogP contribution < -0.4 is 15.2 Å². The van der Waals surface area contributed by atoms with E-state index in [0.29, 0.717) is 16.5 Å².